The van der Waals surface area contributed by atoms with E-state index in [1.807, 2.05) is 0 Å². The normalized spacial score (nSPS) is 10.8. The molecular weight excluding hydrogens is 364 g/mol. The number of benzene rings is 1. The molecule has 1 amide bonds. The Morgan fingerprint density at radius 1 is 1.25 bits per heavy atom. The van der Waals surface area contributed by atoms with Crippen molar-refractivity contribution in [1.82, 2.24) is 4.57 Å². The van der Waals surface area contributed by atoms with Crippen molar-refractivity contribution in [3.05, 3.63) is 63.6 Å². The molecule has 2 N–H and O–H groups in total. The standard InChI is InChI=1S/C20H22N2O6/c1-13-11-17(24)18(19(25)22(13)2)16(23)8-7-14-5-4-6-15(12-14)21-20(26)28-10-9-27-3/h4-8,11-12,24H,9-10H2,1-3H3,(H,21,26)/b8-7+. The predicted molar refractivity (Wildman–Crippen MR) is 105 cm³/mol. The van der Waals surface area contributed by atoms with E-state index in [2.05, 4.69) is 5.32 Å². The molecule has 0 fully saturated rings. The Labute approximate surface area is 162 Å². The second-order valence-corrected chi connectivity index (χ2v) is 5.99. The highest BCUT2D eigenvalue weighted by Gasteiger charge is 2.16. The summed E-state index contributed by atoms with van der Waals surface area (Å²) < 4.78 is 11.0. The van der Waals surface area contributed by atoms with Crippen LogP contribution in [-0.2, 0) is 16.5 Å². The summed E-state index contributed by atoms with van der Waals surface area (Å²) in [5.41, 5.74) is 0.776. The molecule has 0 aliphatic carbocycles. The Bertz CT molecular complexity index is 962. The van der Waals surface area contributed by atoms with Gasteiger partial charge in [0.25, 0.3) is 5.56 Å². The predicted octanol–water partition coefficient (Wildman–Crippen LogP) is 2.49. The van der Waals surface area contributed by atoms with E-state index >= 15 is 0 Å². The molecule has 1 heterocycles. The first-order valence-corrected chi connectivity index (χ1v) is 8.48. The number of aromatic hydroxyl groups is 1. The smallest absolute Gasteiger partial charge is 0.411 e. The lowest BCUT2D eigenvalue weighted by molar-refractivity contribution is 0.104. The van der Waals surface area contributed by atoms with Gasteiger partial charge in [-0.2, -0.15) is 0 Å². The number of allylic oxidation sites excluding steroid dienone is 1. The van der Waals surface area contributed by atoms with Gasteiger partial charge in [0, 0.05) is 31.6 Å². The molecule has 0 spiro atoms. The Hall–Kier alpha value is -3.39. The van der Waals surface area contributed by atoms with Gasteiger partial charge in [0.15, 0.2) is 5.78 Å². The lowest BCUT2D eigenvalue weighted by Gasteiger charge is -2.08. The Kier molecular flexibility index (Phi) is 7.11. The van der Waals surface area contributed by atoms with Crippen LogP contribution in [0, 0.1) is 6.92 Å². The zero-order valence-electron chi connectivity index (χ0n) is 15.9. The zero-order chi connectivity index (χ0) is 20.7. The van der Waals surface area contributed by atoms with Crippen LogP contribution in [0.4, 0.5) is 10.5 Å². The van der Waals surface area contributed by atoms with Crippen LogP contribution in [0.15, 0.2) is 41.2 Å². The van der Waals surface area contributed by atoms with Crippen LogP contribution < -0.4 is 10.9 Å². The molecule has 0 atom stereocenters. The summed E-state index contributed by atoms with van der Waals surface area (Å²) in [6, 6.07) is 8.07. The fraction of sp³-hybridized carbons (Fsp3) is 0.250. The summed E-state index contributed by atoms with van der Waals surface area (Å²) in [5.74, 6) is -0.972. The molecule has 8 heteroatoms. The van der Waals surface area contributed by atoms with Gasteiger partial charge in [-0.3, -0.25) is 14.9 Å². The molecule has 1 aromatic heterocycles. The third kappa shape index (κ3) is 5.31. The number of ether oxygens (including phenoxy) is 2. The summed E-state index contributed by atoms with van der Waals surface area (Å²) >= 11 is 0. The lowest BCUT2D eigenvalue weighted by atomic mass is 10.1. The first kappa shape index (κ1) is 20.9. The molecule has 28 heavy (non-hydrogen) atoms. The van der Waals surface area contributed by atoms with Crippen molar-refractivity contribution in [2.45, 2.75) is 6.92 Å². The van der Waals surface area contributed by atoms with Gasteiger partial charge >= 0.3 is 6.09 Å². The van der Waals surface area contributed by atoms with E-state index in [9.17, 15) is 19.5 Å². The number of carbonyl (C=O) groups excluding carboxylic acids is 2. The maximum atomic E-state index is 12.4. The lowest BCUT2D eigenvalue weighted by Crippen LogP contribution is -2.25. The van der Waals surface area contributed by atoms with Crippen LogP contribution in [0.2, 0.25) is 0 Å². The van der Waals surface area contributed by atoms with Crippen molar-refractivity contribution in [1.29, 1.82) is 0 Å². The number of pyridine rings is 1. The number of carbonyl (C=O) groups is 2. The quantitative estimate of drug-likeness (QED) is 0.430. The van der Waals surface area contributed by atoms with Crippen LogP contribution in [0.3, 0.4) is 0 Å². The minimum absolute atomic E-state index is 0.130. The molecule has 2 aromatic rings. The third-order valence-corrected chi connectivity index (χ3v) is 3.98. The molecule has 0 saturated carbocycles. The maximum Gasteiger partial charge on any atom is 0.411 e. The fourth-order valence-corrected chi connectivity index (χ4v) is 2.38. The van der Waals surface area contributed by atoms with Gasteiger partial charge in [-0.05, 0) is 30.7 Å². The monoisotopic (exact) mass is 386 g/mol. The van der Waals surface area contributed by atoms with Crippen LogP contribution in [-0.4, -0.2) is 41.9 Å². The SMILES string of the molecule is COCCOC(=O)Nc1cccc(/C=C/C(=O)c2c(O)cc(C)n(C)c2=O)c1. The molecule has 0 bridgehead atoms. The Balaban J connectivity index is 2.13. The first-order valence-electron chi connectivity index (χ1n) is 8.48. The number of nitrogens with zero attached hydrogens (tertiary/aromatic N) is 1. The van der Waals surface area contributed by atoms with E-state index in [1.54, 1.807) is 31.2 Å². The summed E-state index contributed by atoms with van der Waals surface area (Å²) in [6.45, 7) is 2.08. The summed E-state index contributed by atoms with van der Waals surface area (Å²) in [5, 5.41) is 12.5. The highest BCUT2D eigenvalue weighted by molar-refractivity contribution is 6.08. The van der Waals surface area contributed by atoms with Crippen molar-refractivity contribution in [3.8, 4) is 5.75 Å². The topological polar surface area (TPSA) is 107 Å². The minimum atomic E-state index is -0.623. The van der Waals surface area contributed by atoms with Crippen molar-refractivity contribution in [2.24, 2.45) is 7.05 Å². The number of ketones is 1. The van der Waals surface area contributed by atoms with Crippen LogP contribution in [0.25, 0.3) is 6.08 Å². The number of nitrogens with one attached hydrogen (secondary N) is 1. The number of amides is 1. The maximum absolute atomic E-state index is 12.4. The van der Waals surface area contributed by atoms with Crippen molar-refractivity contribution in [2.75, 3.05) is 25.6 Å². The number of hydrogen-bond donors (Lipinski definition) is 2. The number of methoxy groups -OCH3 is 1. The second kappa shape index (κ2) is 9.52. The van der Waals surface area contributed by atoms with E-state index in [1.165, 1.54) is 36.9 Å². The minimum Gasteiger partial charge on any atom is -0.507 e. The first-order chi connectivity index (χ1) is 13.3. The van der Waals surface area contributed by atoms with Gasteiger partial charge in [0.2, 0.25) is 0 Å². The van der Waals surface area contributed by atoms with Gasteiger partial charge in [-0.1, -0.05) is 18.2 Å². The molecule has 0 saturated heterocycles. The molecular formula is C20H22N2O6. The zero-order valence-corrected chi connectivity index (χ0v) is 15.9. The van der Waals surface area contributed by atoms with E-state index in [4.69, 9.17) is 9.47 Å². The molecule has 1 aromatic carbocycles. The third-order valence-electron chi connectivity index (χ3n) is 3.98. The van der Waals surface area contributed by atoms with Gasteiger partial charge in [-0.15, -0.1) is 0 Å². The van der Waals surface area contributed by atoms with E-state index in [-0.39, 0.29) is 17.9 Å². The van der Waals surface area contributed by atoms with Gasteiger partial charge in [-0.25, -0.2) is 4.79 Å². The number of anilines is 1. The van der Waals surface area contributed by atoms with Gasteiger partial charge in [0.1, 0.15) is 17.9 Å². The highest BCUT2D eigenvalue weighted by atomic mass is 16.6. The molecule has 8 nitrogen and oxygen atoms in total. The van der Waals surface area contributed by atoms with Crippen LogP contribution in [0.5, 0.6) is 5.75 Å². The van der Waals surface area contributed by atoms with Crippen molar-refractivity contribution in [3.63, 3.8) is 0 Å². The van der Waals surface area contributed by atoms with Crippen LogP contribution in [0.1, 0.15) is 21.6 Å². The largest absolute Gasteiger partial charge is 0.507 e. The summed E-state index contributed by atoms with van der Waals surface area (Å²) in [4.78, 5) is 36.3. The van der Waals surface area contributed by atoms with E-state index < -0.39 is 17.4 Å². The van der Waals surface area contributed by atoms with Crippen molar-refractivity contribution >= 4 is 23.6 Å². The number of aromatic nitrogens is 1. The van der Waals surface area contributed by atoms with E-state index in [0.717, 1.165) is 0 Å². The average Bonchev–Trinajstić information content (AvgIpc) is 2.65. The molecule has 0 aliphatic heterocycles. The van der Waals surface area contributed by atoms with Crippen LogP contribution >= 0.6 is 0 Å². The van der Waals surface area contributed by atoms with Gasteiger partial charge < -0.3 is 19.1 Å². The molecule has 0 aliphatic rings. The van der Waals surface area contributed by atoms with Gasteiger partial charge in [0.05, 0.1) is 6.61 Å². The average molecular weight is 386 g/mol. The number of hydrogen-bond acceptors (Lipinski definition) is 6. The molecule has 0 unspecified atom stereocenters. The summed E-state index contributed by atoms with van der Waals surface area (Å²) in [7, 11) is 3.03. The molecule has 148 valence electrons. The molecule has 0 radical (unpaired) electrons. The fourth-order valence-electron chi connectivity index (χ4n) is 2.38. The second-order valence-electron chi connectivity index (χ2n) is 5.99. The highest BCUT2D eigenvalue weighted by Crippen LogP contribution is 2.17. The van der Waals surface area contributed by atoms with Crippen molar-refractivity contribution < 1.29 is 24.2 Å². The summed E-state index contributed by atoms with van der Waals surface area (Å²) in [6.07, 6.45) is 2.06. The molecule has 2 rings (SSSR count). The Morgan fingerprint density at radius 3 is 2.71 bits per heavy atom. The Morgan fingerprint density at radius 2 is 2.00 bits per heavy atom. The number of aryl methyl sites for hydroxylation is 1. The number of rotatable bonds is 7. The van der Waals surface area contributed by atoms with E-state index in [0.29, 0.717) is 23.6 Å².